The van der Waals surface area contributed by atoms with Gasteiger partial charge in [-0.05, 0) is 39.7 Å². The van der Waals surface area contributed by atoms with Crippen LogP contribution in [0.15, 0.2) is 51.9 Å². The van der Waals surface area contributed by atoms with Crippen LogP contribution in [0.25, 0.3) is 0 Å². The largest absolute Gasteiger partial charge is 0.324 e. The summed E-state index contributed by atoms with van der Waals surface area (Å²) < 4.78 is 14.5. The van der Waals surface area contributed by atoms with Crippen molar-refractivity contribution in [3.8, 4) is 0 Å². The highest BCUT2D eigenvalue weighted by molar-refractivity contribution is 9.10. The minimum absolute atomic E-state index is 0.119. The van der Waals surface area contributed by atoms with E-state index in [1.54, 1.807) is 35.0 Å². The van der Waals surface area contributed by atoms with Gasteiger partial charge in [0.25, 0.3) is 11.5 Å². The summed E-state index contributed by atoms with van der Waals surface area (Å²) in [6, 6.07) is 10.1. The van der Waals surface area contributed by atoms with E-state index in [1.165, 1.54) is 6.07 Å². The van der Waals surface area contributed by atoms with Crippen LogP contribution in [-0.4, -0.2) is 17.1 Å². The van der Waals surface area contributed by atoms with Crippen LogP contribution in [0.1, 0.15) is 5.56 Å². The number of amides is 1. The molecule has 0 aliphatic heterocycles. The van der Waals surface area contributed by atoms with Crippen molar-refractivity contribution in [3.05, 3.63) is 63.0 Å². The number of rotatable bonds is 4. The standard InChI is InChI=1S/C14H12BrFN2O2/c15-11-4-5-14(20)18(9-11)8-10-2-1-3-12(6-10)17-13(19)7-16/h1-6,9H,7-8H2,(H,17,19). The molecule has 2 aromatic rings. The third kappa shape index (κ3) is 3.77. The van der Waals surface area contributed by atoms with E-state index < -0.39 is 12.6 Å². The van der Waals surface area contributed by atoms with E-state index in [4.69, 9.17) is 0 Å². The highest BCUT2D eigenvalue weighted by atomic mass is 79.9. The van der Waals surface area contributed by atoms with E-state index in [2.05, 4.69) is 21.2 Å². The first kappa shape index (κ1) is 14.5. The summed E-state index contributed by atoms with van der Waals surface area (Å²) in [5.74, 6) is -0.693. The second-order valence-electron chi connectivity index (χ2n) is 4.20. The fourth-order valence-corrected chi connectivity index (χ4v) is 2.14. The maximum absolute atomic E-state index is 12.2. The normalized spacial score (nSPS) is 10.3. The predicted octanol–water partition coefficient (Wildman–Crippen LogP) is 2.57. The summed E-state index contributed by atoms with van der Waals surface area (Å²) in [5, 5.41) is 2.43. The van der Waals surface area contributed by atoms with E-state index >= 15 is 0 Å². The zero-order chi connectivity index (χ0) is 14.5. The molecule has 1 aromatic heterocycles. The van der Waals surface area contributed by atoms with Gasteiger partial charge in [0.15, 0.2) is 6.67 Å². The van der Waals surface area contributed by atoms with Crippen LogP contribution < -0.4 is 10.9 Å². The highest BCUT2D eigenvalue weighted by Crippen LogP contribution is 2.12. The molecule has 104 valence electrons. The highest BCUT2D eigenvalue weighted by Gasteiger charge is 2.03. The molecule has 20 heavy (non-hydrogen) atoms. The Kier molecular flexibility index (Phi) is 4.68. The van der Waals surface area contributed by atoms with E-state index in [0.717, 1.165) is 10.0 Å². The Hall–Kier alpha value is -1.95. The summed E-state index contributed by atoms with van der Waals surface area (Å²) in [7, 11) is 0. The summed E-state index contributed by atoms with van der Waals surface area (Å²) in [6.07, 6.45) is 1.69. The molecular weight excluding hydrogens is 327 g/mol. The Bertz CT molecular complexity index is 685. The number of alkyl halides is 1. The predicted molar refractivity (Wildman–Crippen MR) is 78.6 cm³/mol. The molecule has 6 heteroatoms. The fourth-order valence-electron chi connectivity index (χ4n) is 1.76. The second-order valence-corrected chi connectivity index (χ2v) is 5.11. The molecule has 0 atom stereocenters. The molecule has 0 spiro atoms. The number of halogens is 2. The van der Waals surface area contributed by atoms with E-state index in [0.29, 0.717) is 12.2 Å². The molecule has 0 saturated heterocycles. The van der Waals surface area contributed by atoms with Gasteiger partial charge >= 0.3 is 0 Å². The molecule has 0 saturated carbocycles. The van der Waals surface area contributed by atoms with E-state index in [1.807, 2.05) is 6.07 Å². The quantitative estimate of drug-likeness (QED) is 0.931. The van der Waals surface area contributed by atoms with Crippen LogP contribution in [0.4, 0.5) is 10.1 Å². The Balaban J connectivity index is 2.21. The molecule has 2 rings (SSSR count). The van der Waals surface area contributed by atoms with E-state index in [-0.39, 0.29) is 5.56 Å². The Morgan fingerprint density at radius 2 is 2.10 bits per heavy atom. The Morgan fingerprint density at radius 1 is 1.30 bits per heavy atom. The Labute approximate surface area is 123 Å². The van der Waals surface area contributed by atoms with Gasteiger partial charge in [-0.1, -0.05) is 12.1 Å². The van der Waals surface area contributed by atoms with Crippen LogP contribution in [0, 0.1) is 0 Å². The first-order chi connectivity index (χ1) is 9.58. The van der Waals surface area contributed by atoms with Crippen molar-refractivity contribution in [2.75, 3.05) is 12.0 Å². The first-order valence-corrected chi connectivity index (χ1v) is 6.68. The van der Waals surface area contributed by atoms with Crippen LogP contribution in [0.2, 0.25) is 0 Å². The monoisotopic (exact) mass is 338 g/mol. The summed E-state index contributed by atoms with van der Waals surface area (Å²) >= 11 is 3.31. The minimum Gasteiger partial charge on any atom is -0.324 e. The molecule has 0 aliphatic rings. The summed E-state index contributed by atoms with van der Waals surface area (Å²) in [5.41, 5.74) is 1.22. The lowest BCUT2D eigenvalue weighted by Gasteiger charge is -2.08. The minimum atomic E-state index is -1.06. The van der Waals surface area contributed by atoms with Crippen LogP contribution in [0.3, 0.4) is 0 Å². The molecule has 0 unspecified atom stereocenters. The number of pyridine rings is 1. The number of carbonyl (C=O) groups is 1. The molecule has 4 nitrogen and oxygen atoms in total. The van der Waals surface area contributed by atoms with Crippen molar-refractivity contribution < 1.29 is 9.18 Å². The molecule has 0 bridgehead atoms. The number of hydrogen-bond acceptors (Lipinski definition) is 2. The number of anilines is 1. The average molecular weight is 339 g/mol. The van der Waals surface area contributed by atoms with Gasteiger partial charge in [0.05, 0.1) is 6.54 Å². The zero-order valence-corrected chi connectivity index (χ0v) is 12.1. The van der Waals surface area contributed by atoms with Crippen molar-refractivity contribution in [2.45, 2.75) is 6.54 Å². The lowest BCUT2D eigenvalue weighted by molar-refractivity contribution is -0.117. The van der Waals surface area contributed by atoms with Crippen molar-refractivity contribution in [2.24, 2.45) is 0 Å². The lowest BCUT2D eigenvalue weighted by Crippen LogP contribution is -2.19. The topological polar surface area (TPSA) is 51.1 Å². The lowest BCUT2D eigenvalue weighted by atomic mass is 10.2. The number of benzene rings is 1. The molecule has 1 N–H and O–H groups in total. The number of aromatic nitrogens is 1. The number of nitrogens with zero attached hydrogens (tertiary/aromatic N) is 1. The van der Waals surface area contributed by atoms with Crippen molar-refractivity contribution in [1.82, 2.24) is 4.57 Å². The summed E-state index contributed by atoms with van der Waals surface area (Å²) in [6.45, 7) is -0.688. The van der Waals surface area contributed by atoms with E-state index in [9.17, 15) is 14.0 Å². The molecule has 0 radical (unpaired) electrons. The number of carbonyl (C=O) groups excluding carboxylic acids is 1. The average Bonchev–Trinajstić information content (AvgIpc) is 2.43. The number of hydrogen-bond donors (Lipinski definition) is 1. The van der Waals surface area contributed by atoms with Gasteiger partial charge in [0.2, 0.25) is 0 Å². The molecule has 1 aromatic carbocycles. The van der Waals surface area contributed by atoms with Crippen molar-refractivity contribution >= 4 is 27.5 Å². The molecule has 0 aliphatic carbocycles. The molecular formula is C14H12BrFN2O2. The third-order valence-corrected chi connectivity index (χ3v) is 3.10. The Morgan fingerprint density at radius 3 is 2.85 bits per heavy atom. The van der Waals surface area contributed by atoms with Crippen molar-refractivity contribution in [1.29, 1.82) is 0 Å². The molecule has 1 heterocycles. The first-order valence-electron chi connectivity index (χ1n) is 5.89. The second kappa shape index (κ2) is 6.47. The maximum atomic E-state index is 12.2. The van der Waals surface area contributed by atoms with Gasteiger partial charge in [-0.3, -0.25) is 9.59 Å². The summed E-state index contributed by atoms with van der Waals surface area (Å²) in [4.78, 5) is 22.7. The van der Waals surface area contributed by atoms with Gasteiger partial charge in [0.1, 0.15) is 0 Å². The SMILES string of the molecule is O=C(CF)Nc1cccc(Cn2cc(Br)ccc2=O)c1. The van der Waals surface area contributed by atoms with Gasteiger partial charge in [0, 0.05) is 22.4 Å². The number of nitrogens with one attached hydrogen (secondary N) is 1. The van der Waals surface area contributed by atoms with Gasteiger partial charge < -0.3 is 9.88 Å². The smallest absolute Gasteiger partial charge is 0.255 e. The fraction of sp³-hybridized carbons (Fsp3) is 0.143. The van der Waals surface area contributed by atoms with Crippen LogP contribution in [0.5, 0.6) is 0 Å². The third-order valence-electron chi connectivity index (χ3n) is 2.63. The maximum Gasteiger partial charge on any atom is 0.255 e. The van der Waals surface area contributed by atoms with Gasteiger partial charge in [-0.25, -0.2) is 4.39 Å². The molecule has 1 amide bonds. The zero-order valence-electron chi connectivity index (χ0n) is 10.5. The van der Waals surface area contributed by atoms with Crippen LogP contribution >= 0.6 is 15.9 Å². The van der Waals surface area contributed by atoms with Crippen molar-refractivity contribution in [3.63, 3.8) is 0 Å². The van der Waals surface area contributed by atoms with Gasteiger partial charge in [-0.15, -0.1) is 0 Å². The van der Waals surface area contributed by atoms with Gasteiger partial charge in [-0.2, -0.15) is 0 Å². The molecule has 0 fully saturated rings. The van der Waals surface area contributed by atoms with Crippen LogP contribution in [-0.2, 0) is 11.3 Å².